The molecule has 0 saturated heterocycles. The molecule has 0 aliphatic rings. The van der Waals surface area contributed by atoms with Crippen molar-refractivity contribution in [1.82, 2.24) is 5.32 Å². The van der Waals surface area contributed by atoms with Gasteiger partial charge in [-0.3, -0.25) is 4.79 Å². The standard InChI is InChI=1S/C19H40N2O3/c1-2-3-4-5-6-7-8-9-10-11-15-24-16-13-18(20)17-21-14-12-19(22)23/h18,21H,2-17,20H2,1H3,(H,22,23). The van der Waals surface area contributed by atoms with Crippen molar-refractivity contribution in [2.24, 2.45) is 5.73 Å². The molecule has 0 heterocycles. The van der Waals surface area contributed by atoms with Crippen LogP contribution in [-0.2, 0) is 9.53 Å². The molecule has 0 spiro atoms. The van der Waals surface area contributed by atoms with Crippen molar-refractivity contribution in [2.45, 2.75) is 90.0 Å². The third-order valence-electron chi connectivity index (χ3n) is 4.20. The van der Waals surface area contributed by atoms with Gasteiger partial charge in [0.1, 0.15) is 0 Å². The molecule has 1 atom stereocenters. The summed E-state index contributed by atoms with van der Waals surface area (Å²) in [7, 11) is 0. The molecule has 144 valence electrons. The van der Waals surface area contributed by atoms with E-state index in [1.807, 2.05) is 0 Å². The number of hydrogen-bond acceptors (Lipinski definition) is 4. The number of aliphatic carboxylic acids is 1. The van der Waals surface area contributed by atoms with Crippen LogP contribution in [0.2, 0.25) is 0 Å². The summed E-state index contributed by atoms with van der Waals surface area (Å²) in [4.78, 5) is 10.4. The molecule has 24 heavy (non-hydrogen) atoms. The van der Waals surface area contributed by atoms with Crippen LogP contribution in [0.5, 0.6) is 0 Å². The minimum absolute atomic E-state index is 0.0338. The zero-order chi connectivity index (χ0) is 17.9. The number of ether oxygens (including phenoxy) is 1. The van der Waals surface area contributed by atoms with Crippen molar-refractivity contribution >= 4 is 5.97 Å². The van der Waals surface area contributed by atoms with Crippen molar-refractivity contribution in [1.29, 1.82) is 0 Å². The molecule has 0 aromatic carbocycles. The van der Waals surface area contributed by atoms with Crippen LogP contribution >= 0.6 is 0 Å². The molecule has 0 aromatic heterocycles. The Morgan fingerprint density at radius 2 is 1.58 bits per heavy atom. The zero-order valence-electron chi connectivity index (χ0n) is 15.7. The van der Waals surface area contributed by atoms with Gasteiger partial charge in [-0.25, -0.2) is 0 Å². The SMILES string of the molecule is CCCCCCCCCCCCOCCC(N)CNCCC(=O)O. The van der Waals surface area contributed by atoms with Crippen LogP contribution in [0.1, 0.15) is 84.0 Å². The molecule has 1 unspecified atom stereocenters. The fraction of sp³-hybridized carbons (Fsp3) is 0.947. The molecule has 0 fully saturated rings. The van der Waals surface area contributed by atoms with Gasteiger partial charge < -0.3 is 20.9 Å². The van der Waals surface area contributed by atoms with E-state index in [0.717, 1.165) is 19.4 Å². The Morgan fingerprint density at radius 1 is 1.00 bits per heavy atom. The molecule has 0 radical (unpaired) electrons. The summed E-state index contributed by atoms with van der Waals surface area (Å²) >= 11 is 0. The Kier molecular flexibility index (Phi) is 18.2. The summed E-state index contributed by atoms with van der Waals surface area (Å²) in [5, 5.41) is 11.6. The predicted octanol–water partition coefficient (Wildman–Crippen LogP) is 3.71. The first kappa shape index (κ1) is 23.4. The molecule has 0 amide bonds. The second-order valence-corrected chi connectivity index (χ2v) is 6.69. The second kappa shape index (κ2) is 18.7. The van der Waals surface area contributed by atoms with E-state index in [-0.39, 0.29) is 12.5 Å². The first-order valence-corrected chi connectivity index (χ1v) is 9.92. The van der Waals surface area contributed by atoms with E-state index in [2.05, 4.69) is 12.2 Å². The molecule has 0 aliphatic carbocycles. The van der Waals surface area contributed by atoms with Crippen molar-refractivity contribution in [3.63, 3.8) is 0 Å². The minimum atomic E-state index is -0.782. The molecule has 5 nitrogen and oxygen atoms in total. The Labute approximate surface area is 148 Å². The quantitative estimate of drug-likeness (QED) is 0.311. The number of nitrogens with one attached hydrogen (secondary N) is 1. The number of rotatable bonds is 19. The Bertz CT molecular complexity index is 275. The van der Waals surface area contributed by atoms with Crippen molar-refractivity contribution in [3.8, 4) is 0 Å². The van der Waals surface area contributed by atoms with E-state index in [9.17, 15) is 4.79 Å². The van der Waals surface area contributed by atoms with Crippen LogP contribution in [0.15, 0.2) is 0 Å². The summed E-state index contributed by atoms with van der Waals surface area (Å²) in [6, 6.07) is 0.0338. The highest BCUT2D eigenvalue weighted by Gasteiger charge is 2.03. The van der Waals surface area contributed by atoms with Gasteiger partial charge >= 0.3 is 5.97 Å². The maximum atomic E-state index is 10.4. The van der Waals surface area contributed by atoms with Crippen LogP contribution < -0.4 is 11.1 Å². The van der Waals surface area contributed by atoms with Gasteiger partial charge in [0.15, 0.2) is 0 Å². The smallest absolute Gasteiger partial charge is 0.304 e. The predicted molar refractivity (Wildman–Crippen MR) is 100 cm³/mol. The molecular formula is C19H40N2O3. The summed E-state index contributed by atoms with van der Waals surface area (Å²) in [6.45, 7) is 4.90. The Balaban J connectivity index is 3.12. The highest BCUT2D eigenvalue weighted by Crippen LogP contribution is 2.10. The molecule has 0 aromatic rings. The molecular weight excluding hydrogens is 304 g/mol. The fourth-order valence-corrected chi connectivity index (χ4v) is 2.61. The summed E-state index contributed by atoms with van der Waals surface area (Å²) < 4.78 is 5.62. The topological polar surface area (TPSA) is 84.6 Å². The van der Waals surface area contributed by atoms with Crippen LogP contribution in [0.25, 0.3) is 0 Å². The third-order valence-corrected chi connectivity index (χ3v) is 4.20. The van der Waals surface area contributed by atoms with Crippen LogP contribution in [0, 0.1) is 0 Å². The van der Waals surface area contributed by atoms with E-state index in [4.69, 9.17) is 15.6 Å². The van der Waals surface area contributed by atoms with E-state index in [1.54, 1.807) is 0 Å². The summed E-state index contributed by atoms with van der Waals surface area (Å²) in [5.41, 5.74) is 5.94. The number of nitrogens with two attached hydrogens (primary N) is 1. The third kappa shape index (κ3) is 19.4. The average Bonchev–Trinajstić information content (AvgIpc) is 2.55. The van der Waals surface area contributed by atoms with Gasteiger partial charge in [0, 0.05) is 32.3 Å². The maximum absolute atomic E-state index is 10.4. The van der Waals surface area contributed by atoms with E-state index in [1.165, 1.54) is 57.8 Å². The van der Waals surface area contributed by atoms with Crippen LogP contribution in [-0.4, -0.2) is 43.4 Å². The minimum Gasteiger partial charge on any atom is -0.481 e. The largest absolute Gasteiger partial charge is 0.481 e. The van der Waals surface area contributed by atoms with Gasteiger partial charge in [0.25, 0.3) is 0 Å². The van der Waals surface area contributed by atoms with Gasteiger partial charge in [0.05, 0.1) is 6.42 Å². The lowest BCUT2D eigenvalue weighted by Crippen LogP contribution is -2.35. The van der Waals surface area contributed by atoms with Crippen molar-refractivity contribution in [3.05, 3.63) is 0 Å². The van der Waals surface area contributed by atoms with E-state index >= 15 is 0 Å². The first-order valence-electron chi connectivity index (χ1n) is 9.92. The van der Waals surface area contributed by atoms with E-state index in [0.29, 0.717) is 19.7 Å². The summed E-state index contributed by atoms with van der Waals surface area (Å²) in [6.07, 6.45) is 14.3. The number of hydrogen-bond donors (Lipinski definition) is 3. The molecule has 0 rings (SSSR count). The van der Waals surface area contributed by atoms with Crippen molar-refractivity contribution < 1.29 is 14.6 Å². The lowest BCUT2D eigenvalue weighted by atomic mass is 10.1. The number of carboxylic acids is 1. The monoisotopic (exact) mass is 344 g/mol. The van der Waals surface area contributed by atoms with Gasteiger partial charge in [-0.1, -0.05) is 64.7 Å². The molecule has 0 bridgehead atoms. The summed E-state index contributed by atoms with van der Waals surface area (Å²) in [5.74, 6) is -0.782. The van der Waals surface area contributed by atoms with Crippen LogP contribution in [0.4, 0.5) is 0 Å². The Hall–Kier alpha value is -0.650. The molecule has 0 aliphatic heterocycles. The molecule has 5 heteroatoms. The zero-order valence-corrected chi connectivity index (χ0v) is 15.7. The number of carboxylic acid groups (broad SMARTS) is 1. The molecule has 4 N–H and O–H groups in total. The molecule has 0 saturated carbocycles. The van der Waals surface area contributed by atoms with Gasteiger partial charge in [-0.15, -0.1) is 0 Å². The lowest BCUT2D eigenvalue weighted by Gasteiger charge is -2.12. The van der Waals surface area contributed by atoms with Gasteiger partial charge in [-0.2, -0.15) is 0 Å². The highest BCUT2D eigenvalue weighted by atomic mass is 16.5. The van der Waals surface area contributed by atoms with Crippen molar-refractivity contribution in [2.75, 3.05) is 26.3 Å². The Morgan fingerprint density at radius 3 is 2.17 bits per heavy atom. The normalized spacial score (nSPS) is 12.4. The van der Waals surface area contributed by atoms with Gasteiger partial charge in [0.2, 0.25) is 0 Å². The average molecular weight is 345 g/mol. The lowest BCUT2D eigenvalue weighted by molar-refractivity contribution is -0.136. The second-order valence-electron chi connectivity index (χ2n) is 6.69. The number of carbonyl (C=O) groups is 1. The fourth-order valence-electron chi connectivity index (χ4n) is 2.61. The van der Waals surface area contributed by atoms with E-state index < -0.39 is 5.97 Å². The number of unbranched alkanes of at least 4 members (excludes halogenated alkanes) is 9. The highest BCUT2D eigenvalue weighted by molar-refractivity contribution is 5.66. The maximum Gasteiger partial charge on any atom is 0.304 e. The van der Waals surface area contributed by atoms with Gasteiger partial charge in [-0.05, 0) is 12.8 Å². The first-order chi connectivity index (χ1) is 11.7. The van der Waals surface area contributed by atoms with Crippen LogP contribution in [0.3, 0.4) is 0 Å².